The summed E-state index contributed by atoms with van der Waals surface area (Å²) in [6.07, 6.45) is 3.76. The molecule has 1 aromatic carbocycles. The predicted molar refractivity (Wildman–Crippen MR) is 72.5 cm³/mol. The molecule has 1 saturated carbocycles. The average molecular weight is 293 g/mol. The molecule has 0 radical (unpaired) electrons. The number of rotatable bonds is 4. The van der Waals surface area contributed by atoms with E-state index in [9.17, 15) is 13.5 Å². The third kappa shape index (κ3) is 2.70. The van der Waals surface area contributed by atoms with Crippen molar-refractivity contribution in [1.29, 1.82) is 0 Å². The number of aromatic hydroxyl groups is 1. The lowest BCUT2D eigenvalue weighted by Gasteiger charge is -2.06. The summed E-state index contributed by atoms with van der Waals surface area (Å²) in [5, 5.41) is 13.4. The van der Waals surface area contributed by atoms with Crippen molar-refractivity contribution in [2.75, 3.05) is 6.26 Å². The molecule has 0 saturated heterocycles. The Morgan fingerprint density at radius 1 is 1.35 bits per heavy atom. The molecule has 5 nitrogen and oxygen atoms in total. The first-order chi connectivity index (χ1) is 9.43. The summed E-state index contributed by atoms with van der Waals surface area (Å²) in [5.41, 5.74) is 1.32. The number of hydrogen-bond donors (Lipinski definition) is 1. The van der Waals surface area contributed by atoms with Crippen LogP contribution in [0.15, 0.2) is 33.7 Å². The maximum Gasteiger partial charge on any atom is 0.175 e. The van der Waals surface area contributed by atoms with Crippen molar-refractivity contribution in [3.63, 3.8) is 0 Å². The Kier molecular flexibility index (Phi) is 3.05. The molecule has 1 N–H and O–H groups in total. The molecule has 106 valence electrons. The van der Waals surface area contributed by atoms with E-state index in [1.165, 1.54) is 12.1 Å². The molecule has 1 fully saturated rings. The number of benzene rings is 1. The molecule has 1 aliphatic rings. The van der Waals surface area contributed by atoms with Crippen LogP contribution in [0.4, 0.5) is 0 Å². The number of hydrogen-bond acceptors (Lipinski definition) is 5. The number of sulfone groups is 1. The normalized spacial score (nSPS) is 15.4. The van der Waals surface area contributed by atoms with Crippen LogP contribution in [0, 0.1) is 0 Å². The van der Waals surface area contributed by atoms with E-state index in [4.69, 9.17) is 4.52 Å². The zero-order valence-corrected chi connectivity index (χ0v) is 11.9. The van der Waals surface area contributed by atoms with E-state index >= 15 is 0 Å². The van der Waals surface area contributed by atoms with Crippen LogP contribution in [-0.2, 0) is 16.3 Å². The van der Waals surface area contributed by atoms with Gasteiger partial charge in [-0.15, -0.1) is 0 Å². The van der Waals surface area contributed by atoms with Crippen molar-refractivity contribution in [3.05, 3.63) is 41.3 Å². The van der Waals surface area contributed by atoms with Crippen molar-refractivity contribution >= 4 is 9.84 Å². The fraction of sp³-hybridized carbons (Fsp3) is 0.357. The van der Waals surface area contributed by atoms with E-state index in [1.54, 1.807) is 6.07 Å². The van der Waals surface area contributed by atoms with Crippen LogP contribution in [0.5, 0.6) is 5.75 Å². The van der Waals surface area contributed by atoms with E-state index in [1.807, 2.05) is 6.07 Å². The minimum Gasteiger partial charge on any atom is -0.508 e. The maximum atomic E-state index is 11.8. The Hall–Kier alpha value is -1.82. The molecule has 20 heavy (non-hydrogen) atoms. The van der Waals surface area contributed by atoms with Crippen LogP contribution in [0.3, 0.4) is 0 Å². The van der Waals surface area contributed by atoms with Crippen LogP contribution >= 0.6 is 0 Å². The first-order valence-electron chi connectivity index (χ1n) is 6.41. The van der Waals surface area contributed by atoms with E-state index in [0.717, 1.165) is 24.9 Å². The monoisotopic (exact) mass is 293 g/mol. The summed E-state index contributed by atoms with van der Waals surface area (Å²) in [7, 11) is -3.39. The molecule has 3 rings (SSSR count). The first-order valence-corrected chi connectivity index (χ1v) is 8.30. The summed E-state index contributed by atoms with van der Waals surface area (Å²) in [6, 6.07) is 6.24. The highest BCUT2D eigenvalue weighted by Crippen LogP contribution is 2.40. The molecule has 0 unspecified atom stereocenters. The van der Waals surface area contributed by atoms with E-state index in [2.05, 4.69) is 5.16 Å². The Morgan fingerprint density at radius 3 is 2.75 bits per heavy atom. The highest BCUT2D eigenvalue weighted by atomic mass is 32.2. The second-order valence-corrected chi connectivity index (χ2v) is 7.22. The van der Waals surface area contributed by atoms with Gasteiger partial charge < -0.3 is 9.63 Å². The quantitative estimate of drug-likeness (QED) is 0.935. The fourth-order valence-corrected chi connectivity index (χ4v) is 3.15. The first kappa shape index (κ1) is 13.2. The zero-order valence-electron chi connectivity index (χ0n) is 11.0. The van der Waals surface area contributed by atoms with E-state index < -0.39 is 9.84 Å². The van der Waals surface area contributed by atoms with Crippen molar-refractivity contribution in [3.8, 4) is 5.75 Å². The SMILES string of the molecule is CS(=O)(=O)c1cc(O)ccc1Cc1cc(C2CC2)on1. The van der Waals surface area contributed by atoms with Crippen LogP contribution in [0.2, 0.25) is 0 Å². The molecule has 1 aromatic heterocycles. The van der Waals surface area contributed by atoms with Gasteiger partial charge in [-0.1, -0.05) is 11.2 Å². The summed E-state index contributed by atoms with van der Waals surface area (Å²) >= 11 is 0. The second-order valence-electron chi connectivity index (χ2n) is 5.24. The molecule has 0 aliphatic heterocycles. The largest absolute Gasteiger partial charge is 0.508 e. The third-order valence-corrected chi connectivity index (χ3v) is 4.56. The van der Waals surface area contributed by atoms with Gasteiger partial charge in [-0.2, -0.15) is 0 Å². The van der Waals surface area contributed by atoms with Gasteiger partial charge in [0.2, 0.25) is 0 Å². The van der Waals surface area contributed by atoms with Gasteiger partial charge in [-0.25, -0.2) is 8.42 Å². The lowest BCUT2D eigenvalue weighted by atomic mass is 10.1. The van der Waals surface area contributed by atoms with Crippen LogP contribution < -0.4 is 0 Å². The highest BCUT2D eigenvalue weighted by molar-refractivity contribution is 7.90. The number of aromatic nitrogens is 1. The Morgan fingerprint density at radius 2 is 2.10 bits per heavy atom. The van der Waals surface area contributed by atoms with Crippen LogP contribution in [0.1, 0.15) is 35.8 Å². The van der Waals surface area contributed by atoms with Crippen molar-refractivity contribution in [1.82, 2.24) is 5.16 Å². The zero-order chi connectivity index (χ0) is 14.3. The summed E-state index contributed by atoms with van der Waals surface area (Å²) in [5.74, 6) is 1.29. The van der Waals surface area contributed by atoms with Gasteiger partial charge in [0.1, 0.15) is 11.5 Å². The molecule has 1 aliphatic carbocycles. The lowest BCUT2D eigenvalue weighted by Crippen LogP contribution is -2.03. The predicted octanol–water partition coefficient (Wildman–Crippen LogP) is 2.25. The third-order valence-electron chi connectivity index (χ3n) is 3.38. The second kappa shape index (κ2) is 4.63. The number of nitrogens with zero attached hydrogens (tertiary/aromatic N) is 1. The minimum absolute atomic E-state index is 0.0620. The fourth-order valence-electron chi connectivity index (χ4n) is 2.20. The molecule has 6 heteroatoms. The summed E-state index contributed by atoms with van der Waals surface area (Å²) in [6.45, 7) is 0. The molecular formula is C14H15NO4S. The topological polar surface area (TPSA) is 80.4 Å². The van der Waals surface area contributed by atoms with Gasteiger partial charge in [0.25, 0.3) is 0 Å². The van der Waals surface area contributed by atoms with Crippen molar-refractivity contribution in [2.45, 2.75) is 30.1 Å². The number of phenols is 1. The maximum absolute atomic E-state index is 11.8. The lowest BCUT2D eigenvalue weighted by molar-refractivity contribution is 0.379. The standard InChI is InChI=1S/C14H15NO4S/c1-20(17,18)14-8-12(16)5-4-10(14)6-11-7-13(19-15-11)9-2-3-9/h4-5,7-9,16H,2-3,6H2,1H3. The Balaban J connectivity index is 1.93. The minimum atomic E-state index is -3.39. The molecule has 0 atom stereocenters. The van der Waals surface area contributed by atoms with E-state index in [0.29, 0.717) is 23.6 Å². The summed E-state index contributed by atoms with van der Waals surface area (Å²) < 4.78 is 28.8. The highest BCUT2D eigenvalue weighted by Gasteiger charge is 2.28. The summed E-state index contributed by atoms with van der Waals surface area (Å²) in [4.78, 5) is 0.133. The molecule has 0 bridgehead atoms. The Labute approximate surface area is 117 Å². The Bertz CT molecular complexity index is 744. The molecule has 0 amide bonds. The average Bonchev–Trinajstić information content (AvgIpc) is 3.11. The number of phenolic OH excluding ortho intramolecular Hbond substituents is 1. The smallest absolute Gasteiger partial charge is 0.175 e. The van der Waals surface area contributed by atoms with Gasteiger partial charge in [-0.3, -0.25) is 0 Å². The van der Waals surface area contributed by atoms with Gasteiger partial charge in [-0.05, 0) is 30.5 Å². The molecule has 2 aromatic rings. The van der Waals surface area contributed by atoms with Gasteiger partial charge >= 0.3 is 0 Å². The molecule has 0 spiro atoms. The van der Waals surface area contributed by atoms with Gasteiger partial charge in [0.15, 0.2) is 9.84 Å². The molecule has 1 heterocycles. The van der Waals surface area contributed by atoms with Crippen molar-refractivity contribution < 1.29 is 18.0 Å². The van der Waals surface area contributed by atoms with E-state index in [-0.39, 0.29) is 10.6 Å². The van der Waals surface area contributed by atoms with Crippen LogP contribution in [0.25, 0.3) is 0 Å². The van der Waals surface area contributed by atoms with Gasteiger partial charge in [0.05, 0.1) is 10.6 Å². The van der Waals surface area contributed by atoms with Crippen LogP contribution in [-0.4, -0.2) is 24.9 Å². The van der Waals surface area contributed by atoms with Gasteiger partial charge in [0, 0.05) is 24.7 Å². The van der Waals surface area contributed by atoms with Crippen molar-refractivity contribution in [2.24, 2.45) is 0 Å². The molecular weight excluding hydrogens is 278 g/mol.